The zero-order chi connectivity index (χ0) is 14.6. The highest BCUT2D eigenvalue weighted by Gasteiger charge is 1.97. The number of nitrogens with one attached hydrogen (secondary N) is 1. The normalized spacial score (nSPS) is 10.4. The minimum atomic E-state index is -0.411. The van der Waals surface area contributed by atoms with Crippen LogP contribution in [0.1, 0.15) is 11.1 Å². The molecule has 0 heterocycles. The summed E-state index contributed by atoms with van der Waals surface area (Å²) in [4.78, 5) is 11.4. The summed E-state index contributed by atoms with van der Waals surface area (Å²) in [6, 6.07) is 8.96. The molecular formula is C15H18N2O3. The molecular weight excluding hydrogens is 256 g/mol. The molecule has 0 saturated carbocycles. The van der Waals surface area contributed by atoms with E-state index in [1.54, 1.807) is 30.3 Å². The van der Waals surface area contributed by atoms with Crippen LogP contribution in [0.4, 0.5) is 0 Å². The van der Waals surface area contributed by atoms with Crippen LogP contribution in [-0.4, -0.2) is 39.4 Å². The Bertz CT molecular complexity index is 475. The standard InChI is InChI=1S/C15H18N2O3/c1-17-8-9-19-10-11-20-15(18)7-6-13-2-4-14(12-16)5-3-13/h2-7,17H,8-11H2,1H3/b7-6+. The van der Waals surface area contributed by atoms with Crippen LogP contribution in [0, 0.1) is 11.3 Å². The average molecular weight is 274 g/mol. The Morgan fingerprint density at radius 3 is 2.70 bits per heavy atom. The van der Waals surface area contributed by atoms with Crippen molar-refractivity contribution in [3.8, 4) is 6.07 Å². The number of carbonyl (C=O) groups is 1. The van der Waals surface area contributed by atoms with E-state index in [0.29, 0.717) is 18.8 Å². The van der Waals surface area contributed by atoms with Crippen LogP contribution in [0.25, 0.3) is 6.08 Å². The molecule has 1 rings (SSSR count). The van der Waals surface area contributed by atoms with Gasteiger partial charge in [-0.3, -0.25) is 0 Å². The molecule has 0 amide bonds. The molecule has 0 unspecified atom stereocenters. The molecule has 1 aromatic carbocycles. The summed E-state index contributed by atoms with van der Waals surface area (Å²) in [6.07, 6.45) is 3.00. The van der Waals surface area contributed by atoms with Gasteiger partial charge in [0.25, 0.3) is 0 Å². The lowest BCUT2D eigenvalue weighted by molar-refractivity contribution is -0.139. The number of ether oxygens (including phenoxy) is 2. The minimum Gasteiger partial charge on any atom is -0.460 e. The minimum absolute atomic E-state index is 0.236. The summed E-state index contributed by atoms with van der Waals surface area (Å²) in [6.45, 7) is 1.99. The number of benzene rings is 1. The third-order valence-corrected chi connectivity index (χ3v) is 2.42. The molecule has 0 aliphatic carbocycles. The van der Waals surface area contributed by atoms with Crippen molar-refractivity contribution in [3.63, 3.8) is 0 Å². The van der Waals surface area contributed by atoms with Gasteiger partial charge in [0.2, 0.25) is 0 Å². The topological polar surface area (TPSA) is 71.3 Å². The molecule has 5 heteroatoms. The van der Waals surface area contributed by atoms with Crippen LogP contribution < -0.4 is 5.32 Å². The van der Waals surface area contributed by atoms with E-state index in [9.17, 15) is 4.79 Å². The van der Waals surface area contributed by atoms with Gasteiger partial charge in [-0.2, -0.15) is 5.26 Å². The first-order valence-electron chi connectivity index (χ1n) is 6.33. The largest absolute Gasteiger partial charge is 0.460 e. The summed E-state index contributed by atoms with van der Waals surface area (Å²) in [7, 11) is 1.84. The number of nitriles is 1. The van der Waals surface area contributed by atoms with E-state index in [2.05, 4.69) is 5.32 Å². The van der Waals surface area contributed by atoms with Crippen LogP contribution in [0.5, 0.6) is 0 Å². The molecule has 0 aliphatic heterocycles. The maximum atomic E-state index is 11.4. The summed E-state index contributed by atoms with van der Waals surface area (Å²) < 4.78 is 10.2. The van der Waals surface area contributed by atoms with E-state index in [1.807, 2.05) is 13.1 Å². The van der Waals surface area contributed by atoms with Gasteiger partial charge in [0.1, 0.15) is 6.61 Å². The quantitative estimate of drug-likeness (QED) is 0.440. The number of hydrogen-bond donors (Lipinski definition) is 1. The van der Waals surface area contributed by atoms with E-state index in [-0.39, 0.29) is 6.61 Å². The molecule has 0 bridgehead atoms. The first-order valence-corrected chi connectivity index (χ1v) is 6.33. The molecule has 0 atom stereocenters. The zero-order valence-electron chi connectivity index (χ0n) is 11.5. The predicted molar refractivity (Wildman–Crippen MR) is 75.9 cm³/mol. The van der Waals surface area contributed by atoms with Gasteiger partial charge in [-0.15, -0.1) is 0 Å². The van der Waals surface area contributed by atoms with Crippen molar-refractivity contribution in [2.45, 2.75) is 0 Å². The zero-order valence-corrected chi connectivity index (χ0v) is 11.5. The van der Waals surface area contributed by atoms with Crippen LogP contribution in [0.2, 0.25) is 0 Å². The van der Waals surface area contributed by atoms with Gasteiger partial charge in [-0.05, 0) is 30.8 Å². The first-order chi connectivity index (χ1) is 9.76. The van der Waals surface area contributed by atoms with E-state index in [4.69, 9.17) is 14.7 Å². The smallest absolute Gasteiger partial charge is 0.330 e. The fourth-order valence-corrected chi connectivity index (χ4v) is 1.36. The second kappa shape index (κ2) is 9.73. The van der Waals surface area contributed by atoms with Crippen LogP contribution >= 0.6 is 0 Å². The number of carbonyl (C=O) groups excluding carboxylic acids is 1. The highest BCUT2D eigenvalue weighted by atomic mass is 16.6. The second-order valence-electron chi connectivity index (χ2n) is 3.95. The molecule has 0 spiro atoms. The van der Waals surface area contributed by atoms with Gasteiger partial charge in [0, 0.05) is 12.6 Å². The monoisotopic (exact) mass is 274 g/mol. The lowest BCUT2D eigenvalue weighted by atomic mass is 10.1. The molecule has 20 heavy (non-hydrogen) atoms. The molecule has 0 aliphatic rings. The van der Waals surface area contributed by atoms with Crippen LogP contribution in [0.3, 0.4) is 0 Å². The Morgan fingerprint density at radius 2 is 2.05 bits per heavy atom. The molecule has 106 valence electrons. The van der Waals surface area contributed by atoms with Crippen molar-refractivity contribution in [1.29, 1.82) is 5.26 Å². The second-order valence-corrected chi connectivity index (χ2v) is 3.95. The summed E-state index contributed by atoms with van der Waals surface area (Å²) in [5, 5.41) is 11.6. The van der Waals surface area contributed by atoms with E-state index in [1.165, 1.54) is 6.08 Å². The van der Waals surface area contributed by atoms with E-state index < -0.39 is 5.97 Å². The van der Waals surface area contributed by atoms with Crippen molar-refractivity contribution in [1.82, 2.24) is 5.32 Å². The molecule has 0 aromatic heterocycles. The van der Waals surface area contributed by atoms with Crippen molar-refractivity contribution in [2.75, 3.05) is 33.4 Å². The Morgan fingerprint density at radius 1 is 1.30 bits per heavy atom. The first kappa shape index (κ1) is 15.9. The van der Waals surface area contributed by atoms with Crippen molar-refractivity contribution >= 4 is 12.0 Å². The Kier molecular flexibility index (Phi) is 7.73. The third-order valence-electron chi connectivity index (χ3n) is 2.42. The fraction of sp³-hybridized carbons (Fsp3) is 0.333. The Hall–Kier alpha value is -2.16. The number of rotatable bonds is 8. The maximum Gasteiger partial charge on any atom is 0.330 e. The molecule has 1 N–H and O–H groups in total. The lowest BCUT2D eigenvalue weighted by Crippen LogP contribution is -2.16. The highest BCUT2D eigenvalue weighted by Crippen LogP contribution is 2.05. The number of esters is 1. The lowest BCUT2D eigenvalue weighted by Gasteiger charge is -2.03. The number of nitrogens with zero attached hydrogens (tertiary/aromatic N) is 1. The maximum absolute atomic E-state index is 11.4. The Labute approximate surface area is 118 Å². The molecule has 5 nitrogen and oxygen atoms in total. The molecule has 0 saturated heterocycles. The Balaban J connectivity index is 2.24. The average Bonchev–Trinajstić information content (AvgIpc) is 2.49. The number of likely N-dealkylation sites (N-methyl/N-ethyl adjacent to an activating group) is 1. The van der Waals surface area contributed by atoms with Gasteiger partial charge in [-0.1, -0.05) is 12.1 Å². The van der Waals surface area contributed by atoms with Crippen LogP contribution in [-0.2, 0) is 14.3 Å². The van der Waals surface area contributed by atoms with Crippen molar-refractivity contribution < 1.29 is 14.3 Å². The summed E-state index contributed by atoms with van der Waals surface area (Å²) >= 11 is 0. The van der Waals surface area contributed by atoms with Gasteiger partial charge in [0.05, 0.1) is 24.8 Å². The highest BCUT2D eigenvalue weighted by molar-refractivity contribution is 5.87. The SMILES string of the molecule is CNCCOCCOC(=O)/C=C/c1ccc(C#N)cc1. The van der Waals surface area contributed by atoms with Crippen molar-refractivity contribution in [2.24, 2.45) is 0 Å². The predicted octanol–water partition coefficient (Wildman–Crippen LogP) is 1.35. The fourth-order valence-electron chi connectivity index (χ4n) is 1.36. The third kappa shape index (κ3) is 6.69. The molecule has 0 fully saturated rings. The van der Waals surface area contributed by atoms with Crippen LogP contribution in [0.15, 0.2) is 30.3 Å². The van der Waals surface area contributed by atoms with Gasteiger partial charge in [-0.25, -0.2) is 4.79 Å². The van der Waals surface area contributed by atoms with Crippen molar-refractivity contribution in [3.05, 3.63) is 41.5 Å². The van der Waals surface area contributed by atoms with E-state index in [0.717, 1.165) is 12.1 Å². The molecule has 1 aromatic rings. The van der Waals surface area contributed by atoms with Gasteiger partial charge >= 0.3 is 5.97 Å². The summed E-state index contributed by atoms with van der Waals surface area (Å²) in [5.41, 5.74) is 1.43. The molecule has 0 radical (unpaired) electrons. The number of hydrogen-bond acceptors (Lipinski definition) is 5. The van der Waals surface area contributed by atoms with Gasteiger partial charge < -0.3 is 14.8 Å². The van der Waals surface area contributed by atoms with Gasteiger partial charge in [0.15, 0.2) is 0 Å². The van der Waals surface area contributed by atoms with E-state index >= 15 is 0 Å². The summed E-state index contributed by atoms with van der Waals surface area (Å²) in [5.74, 6) is -0.411.